The lowest BCUT2D eigenvalue weighted by atomic mass is 9.93. The van der Waals surface area contributed by atoms with Crippen LogP contribution in [0.4, 0.5) is 10.5 Å². The van der Waals surface area contributed by atoms with Gasteiger partial charge in [0, 0.05) is 32.1 Å². The number of aromatic nitrogens is 2. The van der Waals surface area contributed by atoms with Crippen molar-refractivity contribution in [2.45, 2.75) is 52.4 Å². The highest BCUT2D eigenvalue weighted by Gasteiger charge is 2.24. The largest absolute Gasteiger partial charge is 0.340 e. The summed E-state index contributed by atoms with van der Waals surface area (Å²) in [7, 11) is 0. The minimum Gasteiger partial charge on any atom is -0.340 e. The zero-order chi connectivity index (χ0) is 18.5. The molecule has 3 rings (SSSR count). The molecule has 1 unspecified atom stereocenters. The van der Waals surface area contributed by atoms with Gasteiger partial charge in [-0.2, -0.15) is 4.98 Å². The Morgan fingerprint density at radius 3 is 2.58 bits per heavy atom. The van der Waals surface area contributed by atoms with Gasteiger partial charge in [-0.05, 0) is 48.8 Å². The molecular weight excluding hydrogens is 328 g/mol. The third-order valence-corrected chi connectivity index (χ3v) is 5.29. The van der Waals surface area contributed by atoms with Gasteiger partial charge in [-0.3, -0.25) is 0 Å². The number of hydrogen-bond acceptors (Lipinski definition) is 4. The summed E-state index contributed by atoms with van der Waals surface area (Å²) in [6.07, 6.45) is 3.87. The Labute approximate surface area is 155 Å². The van der Waals surface area contributed by atoms with Crippen LogP contribution >= 0.6 is 0 Å². The number of piperidine rings is 1. The number of amides is 2. The summed E-state index contributed by atoms with van der Waals surface area (Å²) >= 11 is 0. The number of nitrogens with one attached hydrogen (secondary N) is 1. The Bertz CT molecular complexity index is 718. The Kier molecular flexibility index (Phi) is 5.91. The summed E-state index contributed by atoms with van der Waals surface area (Å²) in [6, 6.07) is 8.16. The number of carbonyl (C=O) groups is 1. The van der Waals surface area contributed by atoms with E-state index < -0.39 is 0 Å². The molecule has 1 aliphatic heterocycles. The normalized spacial score (nSPS) is 16.5. The van der Waals surface area contributed by atoms with Gasteiger partial charge >= 0.3 is 6.03 Å². The number of benzene rings is 1. The first-order valence-electron chi connectivity index (χ1n) is 9.50. The quantitative estimate of drug-likeness (QED) is 0.863. The Balaban J connectivity index is 1.47. The van der Waals surface area contributed by atoms with Crippen molar-refractivity contribution < 1.29 is 9.32 Å². The number of anilines is 1. The summed E-state index contributed by atoms with van der Waals surface area (Å²) in [5.74, 6) is 2.43. The van der Waals surface area contributed by atoms with E-state index >= 15 is 0 Å². The maximum Gasteiger partial charge on any atom is 0.321 e. The second-order valence-corrected chi connectivity index (χ2v) is 7.23. The highest BCUT2D eigenvalue weighted by Crippen LogP contribution is 2.23. The Hall–Kier alpha value is -2.37. The van der Waals surface area contributed by atoms with Crippen LogP contribution in [0.25, 0.3) is 0 Å². The number of rotatable bonds is 5. The number of hydrogen-bond donors (Lipinski definition) is 1. The molecule has 0 spiro atoms. The molecule has 140 valence electrons. The first kappa shape index (κ1) is 18.4. The molecule has 2 amide bonds. The van der Waals surface area contributed by atoms with Crippen LogP contribution < -0.4 is 5.32 Å². The van der Waals surface area contributed by atoms with Crippen LogP contribution in [0.15, 0.2) is 28.8 Å². The van der Waals surface area contributed by atoms with E-state index in [0.29, 0.717) is 17.7 Å². The topological polar surface area (TPSA) is 71.3 Å². The standard InChI is InChI=1S/C20H28N4O2/c1-4-14(2)17-5-7-18(8-6-17)22-20(25)24-11-9-16(10-12-24)13-19-21-15(3)26-23-19/h5-8,14,16H,4,9-13H2,1-3H3,(H,22,25). The molecule has 2 aromatic rings. The van der Waals surface area contributed by atoms with Crippen LogP contribution in [-0.2, 0) is 6.42 Å². The van der Waals surface area contributed by atoms with E-state index in [4.69, 9.17) is 4.52 Å². The van der Waals surface area contributed by atoms with E-state index in [9.17, 15) is 4.79 Å². The predicted molar refractivity (Wildman–Crippen MR) is 101 cm³/mol. The van der Waals surface area contributed by atoms with Crippen LogP contribution in [-0.4, -0.2) is 34.2 Å². The maximum absolute atomic E-state index is 12.5. The molecule has 1 aromatic carbocycles. The number of likely N-dealkylation sites (tertiary alicyclic amines) is 1. The number of aryl methyl sites for hydroxylation is 1. The third kappa shape index (κ3) is 4.62. The molecule has 1 aromatic heterocycles. The van der Waals surface area contributed by atoms with Crippen LogP contribution in [0.2, 0.25) is 0 Å². The average Bonchev–Trinajstić information content (AvgIpc) is 3.07. The van der Waals surface area contributed by atoms with Crippen molar-refractivity contribution in [2.75, 3.05) is 18.4 Å². The molecule has 1 fully saturated rings. The zero-order valence-corrected chi connectivity index (χ0v) is 15.9. The van der Waals surface area contributed by atoms with Crippen molar-refractivity contribution in [3.63, 3.8) is 0 Å². The third-order valence-electron chi connectivity index (χ3n) is 5.29. The number of nitrogens with zero attached hydrogens (tertiary/aromatic N) is 3. The Morgan fingerprint density at radius 1 is 1.31 bits per heavy atom. The van der Waals surface area contributed by atoms with Crippen molar-refractivity contribution in [1.82, 2.24) is 15.0 Å². The van der Waals surface area contributed by atoms with Crippen LogP contribution in [0.5, 0.6) is 0 Å². The van der Waals surface area contributed by atoms with Gasteiger partial charge in [0.25, 0.3) is 0 Å². The molecule has 0 aliphatic carbocycles. The van der Waals surface area contributed by atoms with E-state index in [-0.39, 0.29) is 6.03 Å². The lowest BCUT2D eigenvalue weighted by molar-refractivity contribution is 0.181. The SMILES string of the molecule is CCC(C)c1ccc(NC(=O)N2CCC(Cc3noc(C)n3)CC2)cc1. The van der Waals surface area contributed by atoms with E-state index in [1.807, 2.05) is 17.0 Å². The fraction of sp³-hybridized carbons (Fsp3) is 0.550. The van der Waals surface area contributed by atoms with Crippen LogP contribution in [0.1, 0.15) is 56.3 Å². The lowest BCUT2D eigenvalue weighted by Gasteiger charge is -2.31. The summed E-state index contributed by atoms with van der Waals surface area (Å²) in [5, 5.41) is 6.98. The molecule has 0 saturated carbocycles. The molecule has 6 heteroatoms. The van der Waals surface area contributed by atoms with Gasteiger partial charge in [-0.1, -0.05) is 31.1 Å². The molecule has 0 radical (unpaired) electrons. The molecule has 1 atom stereocenters. The lowest BCUT2D eigenvalue weighted by Crippen LogP contribution is -2.41. The molecule has 1 aliphatic rings. The molecule has 6 nitrogen and oxygen atoms in total. The molecule has 1 N–H and O–H groups in total. The van der Waals surface area contributed by atoms with Crippen LogP contribution in [0, 0.1) is 12.8 Å². The minimum absolute atomic E-state index is 0.0184. The first-order valence-corrected chi connectivity index (χ1v) is 9.50. The van der Waals surface area contributed by atoms with Gasteiger partial charge in [0.15, 0.2) is 5.82 Å². The van der Waals surface area contributed by atoms with Gasteiger partial charge < -0.3 is 14.7 Å². The van der Waals surface area contributed by atoms with Gasteiger partial charge in [0.05, 0.1) is 0 Å². The van der Waals surface area contributed by atoms with Gasteiger partial charge in [0.1, 0.15) is 0 Å². The summed E-state index contributed by atoms with van der Waals surface area (Å²) < 4.78 is 5.03. The predicted octanol–water partition coefficient (Wildman–Crippen LogP) is 4.38. The van der Waals surface area contributed by atoms with E-state index in [2.05, 4.69) is 41.4 Å². The highest BCUT2D eigenvalue weighted by atomic mass is 16.5. The average molecular weight is 356 g/mol. The molecule has 26 heavy (non-hydrogen) atoms. The number of carbonyl (C=O) groups excluding carboxylic acids is 1. The zero-order valence-electron chi connectivity index (χ0n) is 15.9. The molecule has 2 heterocycles. The summed E-state index contributed by atoms with van der Waals surface area (Å²) in [4.78, 5) is 18.6. The fourth-order valence-electron chi connectivity index (χ4n) is 3.36. The van der Waals surface area contributed by atoms with Crippen molar-refractivity contribution >= 4 is 11.7 Å². The highest BCUT2D eigenvalue weighted by molar-refractivity contribution is 5.89. The van der Waals surface area contributed by atoms with E-state index in [0.717, 1.165) is 50.3 Å². The van der Waals surface area contributed by atoms with Crippen molar-refractivity contribution in [3.8, 4) is 0 Å². The maximum atomic E-state index is 12.5. The van der Waals surface area contributed by atoms with Crippen molar-refractivity contribution in [3.05, 3.63) is 41.5 Å². The molecule has 0 bridgehead atoms. The number of urea groups is 1. The Morgan fingerprint density at radius 2 is 2.00 bits per heavy atom. The van der Waals surface area contributed by atoms with Crippen LogP contribution in [0.3, 0.4) is 0 Å². The van der Waals surface area contributed by atoms with Gasteiger partial charge in [-0.15, -0.1) is 0 Å². The van der Waals surface area contributed by atoms with Crippen molar-refractivity contribution in [1.29, 1.82) is 0 Å². The van der Waals surface area contributed by atoms with Crippen molar-refractivity contribution in [2.24, 2.45) is 5.92 Å². The minimum atomic E-state index is -0.0184. The van der Waals surface area contributed by atoms with E-state index in [1.54, 1.807) is 6.92 Å². The van der Waals surface area contributed by atoms with Gasteiger partial charge in [0.2, 0.25) is 5.89 Å². The smallest absolute Gasteiger partial charge is 0.321 e. The van der Waals surface area contributed by atoms with E-state index in [1.165, 1.54) is 5.56 Å². The monoisotopic (exact) mass is 356 g/mol. The summed E-state index contributed by atoms with van der Waals surface area (Å²) in [5.41, 5.74) is 2.16. The molecular formula is C20H28N4O2. The summed E-state index contributed by atoms with van der Waals surface area (Å²) in [6.45, 7) is 7.73. The fourth-order valence-corrected chi connectivity index (χ4v) is 3.36. The second-order valence-electron chi connectivity index (χ2n) is 7.23. The first-order chi connectivity index (χ1) is 12.5. The van der Waals surface area contributed by atoms with Gasteiger partial charge in [-0.25, -0.2) is 4.79 Å². The molecule has 1 saturated heterocycles. The second kappa shape index (κ2) is 8.34.